The molecule has 0 amide bonds. The molecule has 2 atom stereocenters. The van der Waals surface area contributed by atoms with Gasteiger partial charge < -0.3 is 5.32 Å². The molecule has 2 heteroatoms. The van der Waals surface area contributed by atoms with E-state index in [0.29, 0.717) is 0 Å². The van der Waals surface area contributed by atoms with E-state index >= 15 is 0 Å². The first-order valence-electron chi connectivity index (χ1n) is 7.00. The molecule has 1 fully saturated rings. The minimum Gasteiger partial charge on any atom is -0.314 e. The second kappa shape index (κ2) is 6.75. The number of aromatic nitrogens is 1. The third-order valence-electron chi connectivity index (χ3n) is 3.93. The van der Waals surface area contributed by atoms with E-state index in [1.54, 1.807) is 0 Å². The average molecular weight is 232 g/mol. The molecule has 1 aliphatic carbocycles. The van der Waals surface area contributed by atoms with E-state index in [0.717, 1.165) is 24.9 Å². The molecule has 0 spiro atoms. The van der Waals surface area contributed by atoms with Crippen LogP contribution in [-0.2, 0) is 6.42 Å². The number of rotatable bonds is 5. The zero-order chi connectivity index (χ0) is 11.9. The third-order valence-corrected chi connectivity index (χ3v) is 3.93. The summed E-state index contributed by atoms with van der Waals surface area (Å²) in [4.78, 5) is 4.15. The Labute approximate surface area is 105 Å². The van der Waals surface area contributed by atoms with Crippen LogP contribution in [0.2, 0.25) is 0 Å². The highest BCUT2D eigenvalue weighted by atomic mass is 14.9. The van der Waals surface area contributed by atoms with Crippen molar-refractivity contribution in [3.8, 4) is 0 Å². The molecule has 0 bridgehead atoms. The first kappa shape index (κ1) is 12.6. The van der Waals surface area contributed by atoms with Crippen molar-refractivity contribution in [1.29, 1.82) is 0 Å². The lowest BCUT2D eigenvalue weighted by atomic mass is 9.84. The van der Waals surface area contributed by atoms with Crippen LogP contribution < -0.4 is 5.32 Å². The van der Waals surface area contributed by atoms with E-state index in [1.807, 2.05) is 18.5 Å². The van der Waals surface area contributed by atoms with Gasteiger partial charge in [-0.2, -0.15) is 0 Å². The summed E-state index contributed by atoms with van der Waals surface area (Å²) in [5.74, 6) is 0.958. The topological polar surface area (TPSA) is 24.9 Å². The fourth-order valence-electron chi connectivity index (χ4n) is 2.81. The summed E-state index contributed by atoms with van der Waals surface area (Å²) in [5, 5.41) is 3.71. The summed E-state index contributed by atoms with van der Waals surface area (Å²) in [6.45, 7) is 3.41. The van der Waals surface area contributed by atoms with Crippen molar-refractivity contribution in [3.05, 3.63) is 30.1 Å². The van der Waals surface area contributed by atoms with E-state index in [9.17, 15) is 0 Å². The summed E-state index contributed by atoms with van der Waals surface area (Å²) in [5.41, 5.74) is 1.34. The highest BCUT2D eigenvalue weighted by Crippen LogP contribution is 2.26. The van der Waals surface area contributed by atoms with Gasteiger partial charge in [-0.15, -0.1) is 0 Å². The third kappa shape index (κ3) is 4.12. The number of pyridine rings is 1. The van der Waals surface area contributed by atoms with Gasteiger partial charge in [0.2, 0.25) is 0 Å². The molecule has 0 unspecified atom stereocenters. The van der Waals surface area contributed by atoms with E-state index in [4.69, 9.17) is 0 Å². The predicted octanol–water partition coefficient (Wildman–Crippen LogP) is 3.18. The molecular weight excluding hydrogens is 208 g/mol. The second-order valence-electron chi connectivity index (χ2n) is 5.20. The molecule has 1 aliphatic rings. The van der Waals surface area contributed by atoms with Crippen LogP contribution >= 0.6 is 0 Å². The average Bonchev–Trinajstić information content (AvgIpc) is 2.40. The van der Waals surface area contributed by atoms with Gasteiger partial charge in [0.25, 0.3) is 0 Å². The first-order chi connectivity index (χ1) is 8.38. The van der Waals surface area contributed by atoms with Crippen molar-refractivity contribution in [2.24, 2.45) is 5.92 Å². The maximum atomic E-state index is 4.15. The van der Waals surface area contributed by atoms with E-state index in [1.165, 1.54) is 37.7 Å². The molecule has 2 nitrogen and oxygen atoms in total. The van der Waals surface area contributed by atoms with Gasteiger partial charge in [0.05, 0.1) is 0 Å². The second-order valence-corrected chi connectivity index (χ2v) is 5.20. The quantitative estimate of drug-likeness (QED) is 0.843. The standard InChI is InChI=1S/C15H24N2/c1-2-13-5-3-7-15(11-13)17-10-8-14-6-4-9-16-12-14/h4,6,9,12-13,15,17H,2-3,5,7-8,10-11H2,1H3/t13-,15-/m0/s1. The molecule has 1 aromatic heterocycles. The van der Waals surface area contributed by atoms with Crippen molar-refractivity contribution in [1.82, 2.24) is 10.3 Å². The lowest BCUT2D eigenvalue weighted by molar-refractivity contribution is 0.280. The molecule has 0 aliphatic heterocycles. The summed E-state index contributed by atoms with van der Waals surface area (Å²) < 4.78 is 0. The Kier molecular flexibility index (Phi) is 4.99. The number of nitrogens with zero attached hydrogens (tertiary/aromatic N) is 1. The Morgan fingerprint density at radius 2 is 2.35 bits per heavy atom. The van der Waals surface area contributed by atoms with Gasteiger partial charge in [-0.1, -0.05) is 32.3 Å². The maximum absolute atomic E-state index is 4.15. The van der Waals surface area contributed by atoms with Crippen LogP contribution in [0.5, 0.6) is 0 Å². The fraction of sp³-hybridized carbons (Fsp3) is 0.667. The van der Waals surface area contributed by atoms with Crippen molar-refractivity contribution < 1.29 is 0 Å². The monoisotopic (exact) mass is 232 g/mol. The fourth-order valence-corrected chi connectivity index (χ4v) is 2.81. The molecule has 2 rings (SSSR count). The number of hydrogen-bond donors (Lipinski definition) is 1. The van der Waals surface area contributed by atoms with Gasteiger partial charge in [0.1, 0.15) is 0 Å². The molecule has 0 aromatic carbocycles. The van der Waals surface area contributed by atoms with Crippen molar-refractivity contribution in [2.75, 3.05) is 6.54 Å². The molecule has 1 heterocycles. The number of hydrogen-bond acceptors (Lipinski definition) is 2. The molecule has 17 heavy (non-hydrogen) atoms. The summed E-state index contributed by atoms with van der Waals surface area (Å²) in [6, 6.07) is 4.93. The normalized spacial score (nSPS) is 24.8. The molecule has 1 aromatic rings. The Bertz CT molecular complexity index is 310. The van der Waals surface area contributed by atoms with Crippen LogP contribution in [0.25, 0.3) is 0 Å². The van der Waals surface area contributed by atoms with Gasteiger partial charge in [0, 0.05) is 18.4 Å². The van der Waals surface area contributed by atoms with Crippen LogP contribution in [0.1, 0.15) is 44.6 Å². The maximum Gasteiger partial charge on any atom is 0.0300 e. The van der Waals surface area contributed by atoms with Crippen LogP contribution in [-0.4, -0.2) is 17.6 Å². The van der Waals surface area contributed by atoms with Crippen molar-refractivity contribution in [3.63, 3.8) is 0 Å². The summed E-state index contributed by atoms with van der Waals surface area (Å²) in [6.07, 6.45) is 11.8. The summed E-state index contributed by atoms with van der Waals surface area (Å²) in [7, 11) is 0. The zero-order valence-corrected chi connectivity index (χ0v) is 10.9. The Balaban J connectivity index is 1.68. The first-order valence-corrected chi connectivity index (χ1v) is 7.00. The predicted molar refractivity (Wildman–Crippen MR) is 72.0 cm³/mol. The highest BCUT2D eigenvalue weighted by Gasteiger charge is 2.19. The van der Waals surface area contributed by atoms with Crippen LogP contribution in [0.4, 0.5) is 0 Å². The van der Waals surface area contributed by atoms with Gasteiger partial charge >= 0.3 is 0 Å². The molecule has 0 radical (unpaired) electrons. The van der Waals surface area contributed by atoms with Crippen molar-refractivity contribution >= 4 is 0 Å². The van der Waals surface area contributed by atoms with Gasteiger partial charge in [-0.3, -0.25) is 4.98 Å². The molecule has 0 saturated heterocycles. The lowest BCUT2D eigenvalue weighted by Gasteiger charge is -2.29. The highest BCUT2D eigenvalue weighted by molar-refractivity contribution is 5.08. The molecule has 94 valence electrons. The molecule has 1 N–H and O–H groups in total. The van der Waals surface area contributed by atoms with E-state index in [2.05, 4.69) is 23.3 Å². The van der Waals surface area contributed by atoms with Gasteiger partial charge in [0.15, 0.2) is 0 Å². The molecular formula is C15H24N2. The lowest BCUT2D eigenvalue weighted by Crippen LogP contribution is -2.35. The van der Waals surface area contributed by atoms with E-state index < -0.39 is 0 Å². The minimum atomic E-state index is 0.755. The van der Waals surface area contributed by atoms with Gasteiger partial charge in [-0.25, -0.2) is 0 Å². The van der Waals surface area contributed by atoms with Crippen LogP contribution in [0.3, 0.4) is 0 Å². The Morgan fingerprint density at radius 1 is 1.41 bits per heavy atom. The minimum absolute atomic E-state index is 0.755. The van der Waals surface area contributed by atoms with E-state index in [-0.39, 0.29) is 0 Å². The largest absolute Gasteiger partial charge is 0.314 e. The van der Waals surface area contributed by atoms with Crippen LogP contribution in [0.15, 0.2) is 24.5 Å². The number of nitrogens with one attached hydrogen (secondary N) is 1. The SMILES string of the molecule is CC[C@H]1CCC[C@H](NCCc2cccnc2)C1. The van der Waals surface area contributed by atoms with Crippen molar-refractivity contribution in [2.45, 2.75) is 51.5 Å². The smallest absolute Gasteiger partial charge is 0.0300 e. The zero-order valence-electron chi connectivity index (χ0n) is 10.9. The Morgan fingerprint density at radius 3 is 3.12 bits per heavy atom. The molecule has 1 saturated carbocycles. The van der Waals surface area contributed by atoms with Crippen LogP contribution in [0, 0.1) is 5.92 Å². The Hall–Kier alpha value is -0.890. The summed E-state index contributed by atoms with van der Waals surface area (Å²) >= 11 is 0. The van der Waals surface area contributed by atoms with Gasteiger partial charge in [-0.05, 0) is 43.4 Å².